The summed E-state index contributed by atoms with van der Waals surface area (Å²) in [5.74, 6) is -1.49. The van der Waals surface area contributed by atoms with Gasteiger partial charge in [0.15, 0.2) is 0 Å². The van der Waals surface area contributed by atoms with Crippen LogP contribution in [0.3, 0.4) is 0 Å². The zero-order chi connectivity index (χ0) is 14.2. The number of carbonyl (C=O) groups excluding carboxylic acids is 1. The monoisotopic (exact) mass is 345 g/mol. The maximum absolute atomic E-state index is 12.2. The minimum Gasteiger partial charge on any atom is -0.480 e. The molecule has 1 aromatic rings. The number of benzene rings is 1. The van der Waals surface area contributed by atoms with E-state index in [1.165, 1.54) is 6.92 Å². The van der Waals surface area contributed by atoms with Gasteiger partial charge in [0.05, 0.1) is 10.6 Å². The van der Waals surface area contributed by atoms with Gasteiger partial charge in [0.25, 0.3) is 5.91 Å². The van der Waals surface area contributed by atoms with E-state index in [-0.39, 0.29) is 16.5 Å². The van der Waals surface area contributed by atoms with Crippen molar-refractivity contribution >= 4 is 39.4 Å². The number of halogens is 2. The molecule has 1 unspecified atom stereocenters. The Kier molecular flexibility index (Phi) is 3.87. The molecule has 1 saturated carbocycles. The molecule has 0 aromatic heterocycles. The summed E-state index contributed by atoms with van der Waals surface area (Å²) in [7, 11) is 0. The van der Waals surface area contributed by atoms with E-state index in [0.29, 0.717) is 0 Å². The van der Waals surface area contributed by atoms with Crippen molar-refractivity contribution in [2.45, 2.75) is 25.3 Å². The standard InChI is InChI=1S/C13H13BrClNO3/c1-13(12(18)19,7-2-3-7)16-11(17)9-5-4-8(14)6-10(9)15/h4-7H,2-3H2,1H3,(H,16,17)(H,18,19). The molecule has 0 saturated heterocycles. The topological polar surface area (TPSA) is 66.4 Å². The van der Waals surface area contributed by atoms with Crippen molar-refractivity contribution in [3.63, 3.8) is 0 Å². The van der Waals surface area contributed by atoms with Crippen LogP contribution in [0.1, 0.15) is 30.1 Å². The second-order valence-corrected chi connectivity index (χ2v) is 6.18. The lowest BCUT2D eigenvalue weighted by Gasteiger charge is -2.26. The number of carboxylic acids is 1. The van der Waals surface area contributed by atoms with Gasteiger partial charge in [0, 0.05) is 4.47 Å². The summed E-state index contributed by atoms with van der Waals surface area (Å²) < 4.78 is 0.761. The predicted octanol–water partition coefficient (Wildman–Crippen LogP) is 3.09. The van der Waals surface area contributed by atoms with Gasteiger partial charge in [-0.3, -0.25) is 4.79 Å². The van der Waals surface area contributed by atoms with E-state index in [9.17, 15) is 14.7 Å². The van der Waals surface area contributed by atoms with E-state index in [1.807, 2.05) is 0 Å². The summed E-state index contributed by atoms with van der Waals surface area (Å²) in [6, 6.07) is 4.86. The molecule has 0 radical (unpaired) electrons. The number of nitrogens with one attached hydrogen (secondary N) is 1. The van der Waals surface area contributed by atoms with E-state index in [1.54, 1.807) is 18.2 Å². The molecule has 4 nitrogen and oxygen atoms in total. The Balaban J connectivity index is 2.22. The first-order valence-corrected chi connectivity index (χ1v) is 7.02. The Labute approximate surface area is 124 Å². The first kappa shape index (κ1) is 14.3. The minimum atomic E-state index is -1.23. The van der Waals surface area contributed by atoms with Crippen LogP contribution in [-0.4, -0.2) is 22.5 Å². The molecule has 1 aliphatic rings. The summed E-state index contributed by atoms with van der Waals surface area (Å²) in [6.07, 6.45) is 1.63. The zero-order valence-corrected chi connectivity index (χ0v) is 12.6. The molecule has 0 aliphatic heterocycles. The number of rotatable bonds is 4. The molecular weight excluding hydrogens is 334 g/mol. The molecule has 2 N–H and O–H groups in total. The van der Waals surface area contributed by atoms with Crippen molar-refractivity contribution in [1.82, 2.24) is 5.32 Å². The summed E-state index contributed by atoms with van der Waals surface area (Å²) in [5.41, 5.74) is -0.953. The fraction of sp³-hybridized carbons (Fsp3) is 0.385. The van der Waals surface area contributed by atoms with Gasteiger partial charge in [0.2, 0.25) is 0 Å². The third-order valence-corrected chi connectivity index (χ3v) is 4.19. The van der Waals surface area contributed by atoms with Crippen LogP contribution in [0.4, 0.5) is 0 Å². The number of hydrogen-bond donors (Lipinski definition) is 2. The van der Waals surface area contributed by atoms with Crippen molar-refractivity contribution < 1.29 is 14.7 Å². The van der Waals surface area contributed by atoms with Crippen LogP contribution in [0.15, 0.2) is 22.7 Å². The van der Waals surface area contributed by atoms with Crippen LogP contribution < -0.4 is 5.32 Å². The van der Waals surface area contributed by atoms with Gasteiger partial charge in [0.1, 0.15) is 5.54 Å². The lowest BCUT2D eigenvalue weighted by atomic mass is 9.95. The maximum Gasteiger partial charge on any atom is 0.329 e. The molecule has 1 aromatic carbocycles. The van der Waals surface area contributed by atoms with E-state index in [0.717, 1.165) is 17.3 Å². The number of amides is 1. The number of carbonyl (C=O) groups is 2. The number of carboxylic acid groups (broad SMARTS) is 1. The average Bonchev–Trinajstić information content (AvgIpc) is 3.11. The molecule has 0 bridgehead atoms. The fourth-order valence-electron chi connectivity index (χ4n) is 1.97. The van der Waals surface area contributed by atoms with Crippen LogP contribution in [0, 0.1) is 5.92 Å². The molecule has 2 rings (SSSR count). The Morgan fingerprint density at radius 3 is 2.58 bits per heavy atom. The molecule has 1 aliphatic carbocycles. The van der Waals surface area contributed by atoms with Gasteiger partial charge in [-0.1, -0.05) is 27.5 Å². The Morgan fingerprint density at radius 1 is 1.47 bits per heavy atom. The van der Waals surface area contributed by atoms with Gasteiger partial charge >= 0.3 is 5.97 Å². The lowest BCUT2D eigenvalue weighted by Crippen LogP contribution is -2.54. The molecule has 0 heterocycles. The van der Waals surface area contributed by atoms with E-state index in [4.69, 9.17) is 11.6 Å². The van der Waals surface area contributed by atoms with Gasteiger partial charge in [-0.15, -0.1) is 0 Å². The van der Waals surface area contributed by atoms with Crippen LogP contribution in [0.2, 0.25) is 5.02 Å². The minimum absolute atomic E-state index is 0.0110. The normalized spacial score (nSPS) is 17.6. The predicted molar refractivity (Wildman–Crippen MR) is 75.4 cm³/mol. The molecule has 1 atom stereocenters. The smallest absolute Gasteiger partial charge is 0.329 e. The van der Waals surface area contributed by atoms with Crippen LogP contribution in [0.5, 0.6) is 0 Å². The third-order valence-electron chi connectivity index (χ3n) is 3.39. The highest BCUT2D eigenvalue weighted by Gasteiger charge is 2.48. The first-order chi connectivity index (χ1) is 8.84. The second kappa shape index (κ2) is 5.13. The van der Waals surface area contributed by atoms with Crippen molar-refractivity contribution in [2.75, 3.05) is 0 Å². The Hall–Kier alpha value is -1.07. The SMILES string of the molecule is CC(NC(=O)c1ccc(Br)cc1Cl)(C(=O)O)C1CC1. The lowest BCUT2D eigenvalue weighted by molar-refractivity contribution is -0.144. The molecule has 1 amide bonds. The maximum atomic E-state index is 12.2. The summed E-state index contributed by atoms with van der Waals surface area (Å²) in [4.78, 5) is 23.5. The molecule has 102 valence electrons. The van der Waals surface area contributed by atoms with Gasteiger partial charge in [-0.05, 0) is 43.9 Å². The van der Waals surface area contributed by atoms with Crippen molar-refractivity contribution in [2.24, 2.45) is 5.92 Å². The van der Waals surface area contributed by atoms with E-state index in [2.05, 4.69) is 21.2 Å². The molecular formula is C13H13BrClNO3. The van der Waals surface area contributed by atoms with Crippen LogP contribution in [0.25, 0.3) is 0 Å². The molecule has 6 heteroatoms. The highest BCUT2D eigenvalue weighted by Crippen LogP contribution is 2.40. The molecule has 0 spiro atoms. The van der Waals surface area contributed by atoms with Crippen LogP contribution >= 0.6 is 27.5 Å². The fourth-order valence-corrected chi connectivity index (χ4v) is 2.73. The highest BCUT2D eigenvalue weighted by atomic mass is 79.9. The summed E-state index contributed by atoms with van der Waals surface area (Å²) >= 11 is 9.24. The van der Waals surface area contributed by atoms with Crippen molar-refractivity contribution in [3.8, 4) is 0 Å². The first-order valence-electron chi connectivity index (χ1n) is 5.85. The van der Waals surface area contributed by atoms with E-state index >= 15 is 0 Å². The highest BCUT2D eigenvalue weighted by molar-refractivity contribution is 9.10. The third kappa shape index (κ3) is 2.92. The van der Waals surface area contributed by atoms with Gasteiger partial charge in [-0.2, -0.15) is 0 Å². The molecule has 19 heavy (non-hydrogen) atoms. The van der Waals surface area contributed by atoms with E-state index < -0.39 is 17.4 Å². The van der Waals surface area contributed by atoms with Crippen molar-refractivity contribution in [3.05, 3.63) is 33.3 Å². The molecule has 1 fully saturated rings. The largest absolute Gasteiger partial charge is 0.480 e. The number of hydrogen-bond acceptors (Lipinski definition) is 2. The zero-order valence-electron chi connectivity index (χ0n) is 10.2. The summed E-state index contributed by atoms with van der Waals surface area (Å²) in [5, 5.41) is 12.2. The van der Waals surface area contributed by atoms with Crippen molar-refractivity contribution in [1.29, 1.82) is 0 Å². The average molecular weight is 347 g/mol. The Bertz CT molecular complexity index is 545. The number of aliphatic carboxylic acids is 1. The van der Waals surface area contributed by atoms with Gasteiger partial charge in [-0.25, -0.2) is 4.79 Å². The summed E-state index contributed by atoms with van der Waals surface area (Å²) in [6.45, 7) is 1.54. The Morgan fingerprint density at radius 2 is 2.11 bits per heavy atom. The van der Waals surface area contributed by atoms with Gasteiger partial charge < -0.3 is 10.4 Å². The second-order valence-electron chi connectivity index (χ2n) is 4.86. The van der Waals surface area contributed by atoms with Crippen LogP contribution in [-0.2, 0) is 4.79 Å². The quantitative estimate of drug-likeness (QED) is 0.880.